The Morgan fingerprint density at radius 1 is 1.39 bits per heavy atom. The van der Waals surface area contributed by atoms with E-state index in [0.29, 0.717) is 0 Å². The monoisotopic (exact) mass is 246 g/mol. The highest BCUT2D eigenvalue weighted by atomic mass is 16.4. The topological polar surface area (TPSA) is 85.3 Å². The third-order valence-corrected chi connectivity index (χ3v) is 2.89. The Morgan fingerprint density at radius 3 is 2.67 bits per heavy atom. The van der Waals surface area contributed by atoms with Crippen LogP contribution in [0.5, 0.6) is 0 Å². The van der Waals surface area contributed by atoms with Gasteiger partial charge in [0.05, 0.1) is 5.52 Å². The molecule has 0 amide bonds. The number of benzene rings is 1. The van der Waals surface area contributed by atoms with E-state index in [4.69, 9.17) is 10.8 Å². The average molecular weight is 246 g/mol. The summed E-state index contributed by atoms with van der Waals surface area (Å²) in [6, 6.07) is 6.41. The maximum atomic E-state index is 11.5. The smallest absolute Gasteiger partial charge is 0.320 e. The van der Waals surface area contributed by atoms with Gasteiger partial charge in [-0.1, -0.05) is 18.2 Å². The lowest BCUT2D eigenvalue weighted by Gasteiger charge is -2.04. The van der Waals surface area contributed by atoms with Gasteiger partial charge in [-0.2, -0.15) is 0 Å². The first-order valence-electron chi connectivity index (χ1n) is 5.59. The molecule has 2 aromatic rings. The summed E-state index contributed by atoms with van der Waals surface area (Å²) in [5, 5.41) is 9.70. The fraction of sp³-hybridized carbons (Fsp3) is 0.231. The molecule has 5 nitrogen and oxygen atoms in total. The number of nitrogens with two attached hydrogens (primary N) is 1. The van der Waals surface area contributed by atoms with E-state index in [1.165, 1.54) is 11.5 Å². The van der Waals surface area contributed by atoms with Crippen LogP contribution in [0.3, 0.4) is 0 Å². The van der Waals surface area contributed by atoms with E-state index in [2.05, 4.69) is 0 Å². The number of fused-ring (bicyclic) bond motifs is 1. The molecule has 0 fully saturated rings. The molecule has 1 aromatic heterocycles. The van der Waals surface area contributed by atoms with Crippen LogP contribution < -0.4 is 5.73 Å². The lowest BCUT2D eigenvalue weighted by Crippen LogP contribution is -2.32. The number of carbonyl (C=O) groups excluding carboxylic acids is 1. The van der Waals surface area contributed by atoms with Crippen molar-refractivity contribution in [2.45, 2.75) is 19.4 Å². The number of nitrogens with zero attached hydrogens (tertiary/aromatic N) is 1. The summed E-state index contributed by atoms with van der Waals surface area (Å²) in [5.41, 5.74) is 7.08. The molecule has 0 aliphatic heterocycles. The van der Waals surface area contributed by atoms with Gasteiger partial charge in [0.2, 0.25) is 5.91 Å². The minimum Gasteiger partial charge on any atom is -0.480 e. The molecular weight excluding hydrogens is 232 g/mol. The highest BCUT2D eigenvalue weighted by Crippen LogP contribution is 2.22. The number of carboxylic acid groups (broad SMARTS) is 1. The molecule has 1 aromatic carbocycles. The summed E-state index contributed by atoms with van der Waals surface area (Å²) in [6.45, 7) is 1.47. The Labute approximate surface area is 104 Å². The zero-order valence-electron chi connectivity index (χ0n) is 9.96. The molecule has 0 aliphatic rings. The average Bonchev–Trinajstić information content (AvgIpc) is 2.68. The van der Waals surface area contributed by atoms with Gasteiger partial charge in [0, 0.05) is 24.9 Å². The predicted octanol–water partition coefficient (Wildman–Crippen LogP) is 1.26. The molecular formula is C13H14N2O3. The number of aromatic nitrogens is 1. The van der Waals surface area contributed by atoms with Crippen LogP contribution in [-0.2, 0) is 11.2 Å². The lowest BCUT2D eigenvalue weighted by molar-refractivity contribution is -0.138. The van der Waals surface area contributed by atoms with Crippen molar-refractivity contribution in [3.63, 3.8) is 0 Å². The van der Waals surface area contributed by atoms with E-state index in [1.54, 1.807) is 6.20 Å². The number of aliphatic carboxylic acids is 1. The number of carboxylic acids is 1. The SMILES string of the molecule is CC(=O)n1cc(CC(N)C(=O)O)c2ccccc21. The maximum Gasteiger partial charge on any atom is 0.320 e. The zero-order valence-corrected chi connectivity index (χ0v) is 9.96. The van der Waals surface area contributed by atoms with Gasteiger partial charge in [-0.25, -0.2) is 0 Å². The van der Waals surface area contributed by atoms with E-state index in [9.17, 15) is 9.59 Å². The third kappa shape index (κ3) is 2.12. The lowest BCUT2D eigenvalue weighted by atomic mass is 10.1. The van der Waals surface area contributed by atoms with Crippen LogP contribution in [-0.4, -0.2) is 27.6 Å². The van der Waals surface area contributed by atoms with Crippen LogP contribution in [0.15, 0.2) is 30.5 Å². The van der Waals surface area contributed by atoms with Crippen molar-refractivity contribution in [2.24, 2.45) is 5.73 Å². The van der Waals surface area contributed by atoms with Crippen molar-refractivity contribution in [1.82, 2.24) is 4.57 Å². The fourth-order valence-corrected chi connectivity index (χ4v) is 2.00. The molecule has 18 heavy (non-hydrogen) atoms. The van der Waals surface area contributed by atoms with Crippen molar-refractivity contribution in [3.8, 4) is 0 Å². The molecule has 0 radical (unpaired) electrons. The quantitative estimate of drug-likeness (QED) is 0.853. The Hall–Kier alpha value is -2.14. The summed E-state index contributed by atoms with van der Waals surface area (Å²) >= 11 is 0. The molecule has 1 atom stereocenters. The van der Waals surface area contributed by atoms with Crippen molar-refractivity contribution in [2.75, 3.05) is 0 Å². The Morgan fingerprint density at radius 2 is 2.06 bits per heavy atom. The van der Waals surface area contributed by atoms with Crippen LogP contribution in [0.4, 0.5) is 0 Å². The van der Waals surface area contributed by atoms with Crippen molar-refractivity contribution >= 4 is 22.8 Å². The van der Waals surface area contributed by atoms with Gasteiger partial charge >= 0.3 is 5.97 Å². The van der Waals surface area contributed by atoms with E-state index in [1.807, 2.05) is 24.3 Å². The largest absolute Gasteiger partial charge is 0.480 e. The van der Waals surface area contributed by atoms with E-state index < -0.39 is 12.0 Å². The first-order valence-corrected chi connectivity index (χ1v) is 5.59. The van der Waals surface area contributed by atoms with Crippen LogP contribution in [0, 0.1) is 0 Å². The fourth-order valence-electron chi connectivity index (χ4n) is 2.00. The third-order valence-electron chi connectivity index (χ3n) is 2.89. The normalized spacial score (nSPS) is 12.6. The second-order valence-electron chi connectivity index (χ2n) is 4.21. The number of hydrogen-bond donors (Lipinski definition) is 2. The molecule has 0 bridgehead atoms. The molecule has 2 rings (SSSR count). The van der Waals surface area contributed by atoms with Crippen molar-refractivity contribution < 1.29 is 14.7 Å². The molecule has 0 saturated carbocycles. The molecule has 94 valence electrons. The van der Waals surface area contributed by atoms with E-state index in [0.717, 1.165) is 16.5 Å². The van der Waals surface area contributed by atoms with Gasteiger partial charge in [-0.15, -0.1) is 0 Å². The Bertz CT molecular complexity index is 616. The Balaban J connectivity index is 2.51. The summed E-state index contributed by atoms with van der Waals surface area (Å²) in [7, 11) is 0. The molecule has 5 heteroatoms. The molecule has 3 N–H and O–H groups in total. The zero-order chi connectivity index (χ0) is 13.3. The molecule has 0 spiro atoms. The second kappa shape index (κ2) is 4.62. The summed E-state index contributed by atoms with van der Waals surface area (Å²) in [6.07, 6.45) is 1.87. The van der Waals surface area contributed by atoms with Gasteiger partial charge < -0.3 is 10.8 Å². The second-order valence-corrected chi connectivity index (χ2v) is 4.21. The van der Waals surface area contributed by atoms with Gasteiger partial charge in [0.25, 0.3) is 0 Å². The van der Waals surface area contributed by atoms with Gasteiger partial charge in [0.1, 0.15) is 6.04 Å². The van der Waals surface area contributed by atoms with Gasteiger partial charge in [0.15, 0.2) is 0 Å². The van der Waals surface area contributed by atoms with E-state index in [-0.39, 0.29) is 12.3 Å². The van der Waals surface area contributed by atoms with Crippen LogP contribution in [0.2, 0.25) is 0 Å². The molecule has 0 aliphatic carbocycles. The molecule has 0 saturated heterocycles. The Kier molecular flexibility index (Phi) is 3.16. The van der Waals surface area contributed by atoms with Crippen molar-refractivity contribution in [1.29, 1.82) is 0 Å². The summed E-state index contributed by atoms with van der Waals surface area (Å²) in [4.78, 5) is 22.3. The molecule has 1 heterocycles. The first kappa shape index (κ1) is 12.3. The highest BCUT2D eigenvalue weighted by Gasteiger charge is 2.17. The minimum absolute atomic E-state index is 0.110. The first-order chi connectivity index (χ1) is 8.50. The molecule has 1 unspecified atom stereocenters. The van der Waals surface area contributed by atoms with E-state index >= 15 is 0 Å². The van der Waals surface area contributed by atoms with Crippen molar-refractivity contribution in [3.05, 3.63) is 36.0 Å². The van der Waals surface area contributed by atoms with Gasteiger partial charge in [-0.05, 0) is 11.6 Å². The standard InChI is InChI=1S/C13H14N2O3/c1-8(16)15-7-9(6-11(14)13(17)18)10-4-2-3-5-12(10)15/h2-5,7,11H,6,14H2,1H3,(H,17,18). The number of hydrogen-bond acceptors (Lipinski definition) is 3. The predicted molar refractivity (Wildman–Crippen MR) is 67.6 cm³/mol. The number of carbonyl (C=O) groups is 2. The summed E-state index contributed by atoms with van der Waals surface area (Å²) < 4.78 is 1.51. The minimum atomic E-state index is -1.05. The highest BCUT2D eigenvalue weighted by molar-refractivity contribution is 5.94. The van der Waals surface area contributed by atoms with Crippen LogP contribution >= 0.6 is 0 Å². The number of para-hydroxylation sites is 1. The summed E-state index contributed by atoms with van der Waals surface area (Å²) in [5.74, 6) is -1.16. The van der Waals surface area contributed by atoms with Crippen LogP contribution in [0.1, 0.15) is 17.3 Å². The van der Waals surface area contributed by atoms with Crippen LogP contribution in [0.25, 0.3) is 10.9 Å². The number of rotatable bonds is 3. The van der Waals surface area contributed by atoms with Gasteiger partial charge in [-0.3, -0.25) is 14.2 Å². The maximum absolute atomic E-state index is 11.5.